The molecule has 2 rings (SSSR count). The van der Waals surface area contributed by atoms with E-state index in [2.05, 4.69) is 4.90 Å². The van der Waals surface area contributed by atoms with Crippen molar-refractivity contribution in [1.82, 2.24) is 0 Å². The number of nitrogens with zero attached hydrogens (tertiary/aromatic N) is 2. The second-order valence-corrected chi connectivity index (χ2v) is 4.96. The van der Waals surface area contributed by atoms with Crippen molar-refractivity contribution in [3.63, 3.8) is 0 Å². The number of hydrogen-bond acceptors (Lipinski definition) is 5. The normalized spacial score (nSPS) is 18.9. The SMILES string of the molecule is COC1CCCN(c2ccc(C(C)=O)c([N+](=O)[O-])c2)C1. The summed E-state index contributed by atoms with van der Waals surface area (Å²) < 4.78 is 5.35. The Bertz CT molecular complexity index is 530. The predicted molar refractivity (Wildman–Crippen MR) is 75.3 cm³/mol. The van der Waals surface area contributed by atoms with Gasteiger partial charge in [0.15, 0.2) is 5.78 Å². The first-order valence-corrected chi connectivity index (χ1v) is 6.60. The molecule has 1 fully saturated rings. The lowest BCUT2D eigenvalue weighted by atomic mass is 10.0. The van der Waals surface area contributed by atoms with Crippen LogP contribution in [-0.2, 0) is 4.74 Å². The molecule has 0 amide bonds. The zero-order valence-corrected chi connectivity index (χ0v) is 11.7. The maximum absolute atomic E-state index is 11.4. The van der Waals surface area contributed by atoms with E-state index < -0.39 is 4.92 Å². The number of methoxy groups -OCH3 is 1. The number of Topliss-reactive ketones (excluding diaryl/α,β-unsaturated/α-hetero) is 1. The average molecular weight is 278 g/mol. The van der Waals surface area contributed by atoms with Crippen molar-refractivity contribution in [3.8, 4) is 0 Å². The van der Waals surface area contributed by atoms with Gasteiger partial charge in [-0.05, 0) is 31.9 Å². The minimum atomic E-state index is -0.502. The molecule has 1 atom stereocenters. The zero-order chi connectivity index (χ0) is 14.7. The first-order chi connectivity index (χ1) is 9.52. The Balaban J connectivity index is 2.31. The summed E-state index contributed by atoms with van der Waals surface area (Å²) in [6.07, 6.45) is 2.14. The molecule has 1 saturated heterocycles. The van der Waals surface area contributed by atoms with E-state index in [1.807, 2.05) is 0 Å². The highest BCUT2D eigenvalue weighted by atomic mass is 16.6. The van der Waals surface area contributed by atoms with Crippen molar-refractivity contribution in [1.29, 1.82) is 0 Å². The summed E-state index contributed by atoms with van der Waals surface area (Å²) in [7, 11) is 1.68. The van der Waals surface area contributed by atoms with Crippen molar-refractivity contribution in [2.24, 2.45) is 0 Å². The zero-order valence-electron chi connectivity index (χ0n) is 11.7. The Morgan fingerprint density at radius 3 is 2.85 bits per heavy atom. The van der Waals surface area contributed by atoms with Gasteiger partial charge in [-0.3, -0.25) is 14.9 Å². The van der Waals surface area contributed by atoms with Crippen LogP contribution >= 0.6 is 0 Å². The molecule has 6 heteroatoms. The lowest BCUT2D eigenvalue weighted by molar-refractivity contribution is -0.385. The quantitative estimate of drug-likeness (QED) is 0.480. The number of ketones is 1. The molecule has 0 bridgehead atoms. The third-order valence-electron chi connectivity index (χ3n) is 3.63. The molecule has 1 aromatic carbocycles. The smallest absolute Gasteiger partial charge is 0.282 e. The lowest BCUT2D eigenvalue weighted by Crippen LogP contribution is -2.39. The second-order valence-electron chi connectivity index (χ2n) is 4.96. The van der Waals surface area contributed by atoms with E-state index in [0.29, 0.717) is 6.54 Å². The van der Waals surface area contributed by atoms with Crippen LogP contribution in [0.5, 0.6) is 0 Å². The fraction of sp³-hybridized carbons (Fsp3) is 0.500. The number of piperidine rings is 1. The van der Waals surface area contributed by atoms with Gasteiger partial charge in [0.05, 0.1) is 16.6 Å². The third kappa shape index (κ3) is 2.96. The number of benzene rings is 1. The van der Waals surface area contributed by atoms with Gasteiger partial charge in [-0.1, -0.05) is 0 Å². The Labute approximate surface area is 117 Å². The van der Waals surface area contributed by atoms with Crippen LogP contribution in [0.2, 0.25) is 0 Å². The van der Waals surface area contributed by atoms with Crippen LogP contribution in [0.4, 0.5) is 11.4 Å². The molecule has 1 aliphatic rings. The summed E-state index contributed by atoms with van der Waals surface area (Å²) in [4.78, 5) is 24.1. The van der Waals surface area contributed by atoms with Crippen LogP contribution in [-0.4, -0.2) is 37.0 Å². The van der Waals surface area contributed by atoms with E-state index in [0.717, 1.165) is 25.1 Å². The van der Waals surface area contributed by atoms with Gasteiger partial charge in [0.1, 0.15) is 0 Å². The summed E-state index contributed by atoms with van der Waals surface area (Å²) in [6.45, 7) is 2.90. The van der Waals surface area contributed by atoms with Crippen molar-refractivity contribution >= 4 is 17.2 Å². The van der Waals surface area contributed by atoms with Crippen LogP contribution in [0.25, 0.3) is 0 Å². The molecule has 0 aromatic heterocycles. The van der Waals surface area contributed by atoms with Crippen molar-refractivity contribution in [2.45, 2.75) is 25.9 Å². The van der Waals surface area contributed by atoms with Crippen molar-refractivity contribution in [3.05, 3.63) is 33.9 Å². The number of ether oxygens (including phenoxy) is 1. The number of carbonyl (C=O) groups excluding carboxylic acids is 1. The van der Waals surface area contributed by atoms with Gasteiger partial charge in [-0.25, -0.2) is 0 Å². The summed E-state index contributed by atoms with van der Waals surface area (Å²) in [5.74, 6) is -0.295. The van der Waals surface area contributed by atoms with Crippen LogP contribution in [0.3, 0.4) is 0 Å². The molecule has 0 radical (unpaired) electrons. The van der Waals surface area contributed by atoms with Gasteiger partial charge in [-0.2, -0.15) is 0 Å². The van der Waals surface area contributed by atoms with Gasteiger partial charge in [0.25, 0.3) is 5.69 Å². The molecule has 6 nitrogen and oxygen atoms in total. The maximum Gasteiger partial charge on any atom is 0.282 e. The average Bonchev–Trinajstić information content (AvgIpc) is 2.46. The molecule has 1 heterocycles. The molecule has 20 heavy (non-hydrogen) atoms. The number of nitro benzene ring substituents is 1. The monoisotopic (exact) mass is 278 g/mol. The largest absolute Gasteiger partial charge is 0.380 e. The van der Waals surface area contributed by atoms with E-state index in [-0.39, 0.29) is 23.1 Å². The van der Waals surface area contributed by atoms with Gasteiger partial charge < -0.3 is 9.64 Å². The topological polar surface area (TPSA) is 72.7 Å². The van der Waals surface area contributed by atoms with Crippen LogP contribution in [0, 0.1) is 10.1 Å². The predicted octanol–water partition coefficient (Wildman–Crippen LogP) is 2.41. The Kier molecular flexibility index (Phi) is 4.34. The lowest BCUT2D eigenvalue weighted by Gasteiger charge is -2.33. The van der Waals surface area contributed by atoms with Crippen molar-refractivity contribution < 1.29 is 14.5 Å². The van der Waals surface area contributed by atoms with E-state index in [4.69, 9.17) is 4.74 Å². The molecule has 0 spiro atoms. The number of rotatable bonds is 4. The van der Waals surface area contributed by atoms with Gasteiger partial charge in [0.2, 0.25) is 0 Å². The molecule has 1 aliphatic heterocycles. The summed E-state index contributed by atoms with van der Waals surface area (Å²) >= 11 is 0. The highest BCUT2D eigenvalue weighted by Crippen LogP contribution is 2.28. The Hall–Kier alpha value is -1.95. The van der Waals surface area contributed by atoms with Crippen LogP contribution in [0.15, 0.2) is 18.2 Å². The highest BCUT2D eigenvalue weighted by Gasteiger charge is 2.23. The number of carbonyl (C=O) groups is 1. The third-order valence-corrected chi connectivity index (χ3v) is 3.63. The van der Waals surface area contributed by atoms with Crippen LogP contribution in [0.1, 0.15) is 30.1 Å². The van der Waals surface area contributed by atoms with Crippen LogP contribution < -0.4 is 4.90 Å². The number of nitro groups is 1. The minimum Gasteiger partial charge on any atom is -0.380 e. The molecular formula is C14H18N2O4. The first-order valence-electron chi connectivity index (χ1n) is 6.60. The molecular weight excluding hydrogens is 260 g/mol. The Morgan fingerprint density at radius 1 is 1.50 bits per heavy atom. The van der Waals surface area contributed by atoms with Gasteiger partial charge in [0, 0.05) is 32.0 Å². The summed E-state index contributed by atoms with van der Waals surface area (Å²) in [5.41, 5.74) is 0.789. The molecule has 0 aliphatic carbocycles. The maximum atomic E-state index is 11.4. The molecule has 1 unspecified atom stereocenters. The van der Waals surface area contributed by atoms with E-state index in [9.17, 15) is 14.9 Å². The fourth-order valence-corrected chi connectivity index (χ4v) is 2.53. The standard InChI is InChI=1S/C14H18N2O4/c1-10(17)13-6-5-11(8-14(13)16(18)19)15-7-3-4-12(9-15)20-2/h5-6,8,12H,3-4,7,9H2,1-2H3. The second kappa shape index (κ2) is 6.00. The Morgan fingerprint density at radius 2 is 2.25 bits per heavy atom. The first kappa shape index (κ1) is 14.5. The number of anilines is 1. The van der Waals surface area contributed by atoms with E-state index in [1.54, 1.807) is 13.2 Å². The van der Waals surface area contributed by atoms with E-state index >= 15 is 0 Å². The summed E-state index contributed by atoms with van der Waals surface area (Å²) in [5, 5.41) is 11.1. The fourth-order valence-electron chi connectivity index (χ4n) is 2.53. The molecule has 0 N–H and O–H groups in total. The van der Waals surface area contributed by atoms with Crippen molar-refractivity contribution in [2.75, 3.05) is 25.1 Å². The number of hydrogen-bond donors (Lipinski definition) is 0. The minimum absolute atomic E-state index is 0.130. The molecule has 1 aromatic rings. The van der Waals surface area contributed by atoms with Gasteiger partial charge in [-0.15, -0.1) is 0 Å². The van der Waals surface area contributed by atoms with E-state index in [1.165, 1.54) is 19.1 Å². The van der Waals surface area contributed by atoms with Gasteiger partial charge >= 0.3 is 0 Å². The molecule has 108 valence electrons. The molecule has 0 saturated carbocycles. The summed E-state index contributed by atoms with van der Waals surface area (Å²) in [6, 6.07) is 4.78. The highest BCUT2D eigenvalue weighted by molar-refractivity contribution is 5.98.